The predicted molar refractivity (Wildman–Crippen MR) is 65.3 cm³/mol. The zero-order valence-electron chi connectivity index (χ0n) is 8.54. The van der Waals surface area contributed by atoms with Gasteiger partial charge in [-0.15, -0.1) is 11.6 Å². The van der Waals surface area contributed by atoms with E-state index in [9.17, 15) is 14.6 Å². The van der Waals surface area contributed by atoms with Crippen LogP contribution >= 0.6 is 27.5 Å². The predicted octanol–water partition coefficient (Wildman–Crippen LogP) is 2.74. The number of alkyl halides is 2. The molecule has 0 aliphatic rings. The Balaban J connectivity index is 2.84. The van der Waals surface area contributed by atoms with Crippen molar-refractivity contribution in [2.45, 2.75) is 24.5 Å². The number of hydrogen-bond donors (Lipinski definition) is 2. The molecule has 0 aliphatic heterocycles. The summed E-state index contributed by atoms with van der Waals surface area (Å²) in [6, 6.07) is 4.30. The van der Waals surface area contributed by atoms with Gasteiger partial charge in [0.15, 0.2) is 0 Å². The number of aliphatic hydroxyl groups excluding tert-OH is 2. The smallest absolute Gasteiger partial charge is 0.127 e. The molecule has 16 heavy (non-hydrogen) atoms. The Bertz CT molecular complexity index is 349. The third-order valence-corrected chi connectivity index (χ3v) is 3.08. The molecule has 0 saturated carbocycles. The van der Waals surface area contributed by atoms with Crippen molar-refractivity contribution in [1.29, 1.82) is 0 Å². The van der Waals surface area contributed by atoms with Crippen LogP contribution in [0.25, 0.3) is 0 Å². The zero-order valence-corrected chi connectivity index (χ0v) is 10.9. The second-order valence-corrected chi connectivity index (χ2v) is 4.53. The first-order chi connectivity index (χ1) is 7.60. The topological polar surface area (TPSA) is 40.5 Å². The van der Waals surface area contributed by atoms with Crippen LogP contribution in [0.3, 0.4) is 0 Å². The molecule has 2 unspecified atom stereocenters. The lowest BCUT2D eigenvalue weighted by Gasteiger charge is -2.17. The van der Waals surface area contributed by atoms with Crippen molar-refractivity contribution in [2.75, 3.05) is 5.33 Å². The maximum atomic E-state index is 13.4. The molecule has 2 N–H and O–H groups in total. The molecular formula is C11H13BrClFO2. The summed E-state index contributed by atoms with van der Waals surface area (Å²) in [6.45, 7) is 0. The number of aliphatic hydroxyl groups is 2. The minimum atomic E-state index is -1.07. The maximum Gasteiger partial charge on any atom is 0.127 e. The molecule has 1 aromatic carbocycles. The fraction of sp³-hybridized carbons (Fsp3) is 0.455. The van der Waals surface area contributed by atoms with Gasteiger partial charge in [0.1, 0.15) is 11.9 Å². The van der Waals surface area contributed by atoms with Crippen LogP contribution in [0.1, 0.15) is 23.7 Å². The lowest BCUT2D eigenvalue weighted by Crippen LogP contribution is -2.18. The Morgan fingerprint density at radius 1 is 1.38 bits per heavy atom. The van der Waals surface area contributed by atoms with Gasteiger partial charge in [-0.1, -0.05) is 28.1 Å². The van der Waals surface area contributed by atoms with E-state index in [1.54, 1.807) is 6.07 Å². The summed E-state index contributed by atoms with van der Waals surface area (Å²) in [7, 11) is 0. The third-order valence-electron chi connectivity index (χ3n) is 2.33. The Morgan fingerprint density at radius 2 is 2.06 bits per heavy atom. The second kappa shape index (κ2) is 6.55. The maximum absolute atomic E-state index is 13.4. The third kappa shape index (κ3) is 3.42. The highest BCUT2D eigenvalue weighted by atomic mass is 79.9. The molecule has 0 aliphatic carbocycles. The summed E-state index contributed by atoms with van der Waals surface area (Å²) in [4.78, 5) is 0. The molecule has 0 bridgehead atoms. The summed E-state index contributed by atoms with van der Waals surface area (Å²) < 4.78 is 13.4. The van der Waals surface area contributed by atoms with E-state index in [0.29, 0.717) is 22.9 Å². The highest BCUT2D eigenvalue weighted by molar-refractivity contribution is 9.09. The molecule has 90 valence electrons. The highest BCUT2D eigenvalue weighted by Crippen LogP contribution is 2.22. The van der Waals surface area contributed by atoms with Crippen molar-refractivity contribution < 1.29 is 14.6 Å². The van der Waals surface area contributed by atoms with Crippen LogP contribution < -0.4 is 0 Å². The first-order valence-electron chi connectivity index (χ1n) is 4.86. The van der Waals surface area contributed by atoms with Gasteiger partial charge in [-0.2, -0.15) is 0 Å². The molecular weight excluding hydrogens is 298 g/mol. The molecule has 0 saturated heterocycles. The SMILES string of the molecule is OC(CCBr)C(O)c1ccc(CCl)c(F)c1. The van der Waals surface area contributed by atoms with Gasteiger partial charge in [-0.3, -0.25) is 0 Å². The van der Waals surface area contributed by atoms with Crippen LogP contribution in [0, 0.1) is 5.82 Å². The van der Waals surface area contributed by atoms with Gasteiger partial charge in [0.25, 0.3) is 0 Å². The zero-order chi connectivity index (χ0) is 12.1. The van der Waals surface area contributed by atoms with Gasteiger partial charge >= 0.3 is 0 Å². The molecule has 0 radical (unpaired) electrons. The summed E-state index contributed by atoms with van der Waals surface area (Å²) in [5, 5.41) is 19.9. The van der Waals surface area contributed by atoms with Crippen molar-refractivity contribution in [1.82, 2.24) is 0 Å². The largest absolute Gasteiger partial charge is 0.390 e. The van der Waals surface area contributed by atoms with E-state index in [4.69, 9.17) is 11.6 Å². The van der Waals surface area contributed by atoms with E-state index in [1.807, 2.05) is 0 Å². The van der Waals surface area contributed by atoms with Gasteiger partial charge < -0.3 is 10.2 Å². The molecule has 1 rings (SSSR count). The monoisotopic (exact) mass is 310 g/mol. The van der Waals surface area contributed by atoms with Gasteiger partial charge in [0.2, 0.25) is 0 Å². The first kappa shape index (κ1) is 13.9. The van der Waals surface area contributed by atoms with Gasteiger partial charge in [0.05, 0.1) is 12.0 Å². The molecule has 0 fully saturated rings. The van der Waals surface area contributed by atoms with E-state index in [2.05, 4.69) is 15.9 Å². The van der Waals surface area contributed by atoms with Crippen LogP contribution in [0.15, 0.2) is 18.2 Å². The van der Waals surface area contributed by atoms with Gasteiger partial charge in [-0.25, -0.2) is 4.39 Å². The second-order valence-electron chi connectivity index (χ2n) is 3.47. The highest BCUT2D eigenvalue weighted by Gasteiger charge is 2.18. The molecule has 0 heterocycles. The van der Waals surface area contributed by atoms with Crippen LogP contribution in [0.2, 0.25) is 0 Å². The normalized spacial score (nSPS) is 14.8. The fourth-order valence-electron chi connectivity index (χ4n) is 1.35. The van der Waals surface area contributed by atoms with Crippen molar-refractivity contribution in [3.05, 3.63) is 35.1 Å². The lowest BCUT2D eigenvalue weighted by molar-refractivity contribution is 0.0172. The van der Waals surface area contributed by atoms with Crippen LogP contribution in [0.4, 0.5) is 4.39 Å². The summed E-state index contributed by atoms with van der Waals surface area (Å²) in [5.74, 6) is -0.371. The summed E-state index contributed by atoms with van der Waals surface area (Å²) in [5.41, 5.74) is 0.743. The van der Waals surface area contributed by atoms with E-state index in [1.165, 1.54) is 12.1 Å². The Kier molecular flexibility index (Phi) is 5.69. The van der Waals surface area contributed by atoms with Crippen LogP contribution in [-0.4, -0.2) is 21.6 Å². The molecule has 2 atom stereocenters. The van der Waals surface area contributed by atoms with Gasteiger partial charge in [-0.05, 0) is 18.1 Å². The Hall–Kier alpha value is -0.160. The first-order valence-corrected chi connectivity index (χ1v) is 6.52. The average Bonchev–Trinajstić information content (AvgIpc) is 2.28. The molecule has 1 aromatic rings. The minimum absolute atomic E-state index is 0.0894. The van der Waals surface area contributed by atoms with Gasteiger partial charge in [0, 0.05) is 10.9 Å². The minimum Gasteiger partial charge on any atom is -0.390 e. The fourth-order valence-corrected chi connectivity index (χ4v) is 2.03. The molecule has 0 aromatic heterocycles. The Morgan fingerprint density at radius 3 is 2.56 bits per heavy atom. The quantitative estimate of drug-likeness (QED) is 0.821. The number of rotatable bonds is 5. The van der Waals surface area contributed by atoms with E-state index >= 15 is 0 Å². The lowest BCUT2D eigenvalue weighted by atomic mass is 10.0. The van der Waals surface area contributed by atoms with E-state index in [0.717, 1.165) is 0 Å². The van der Waals surface area contributed by atoms with Crippen LogP contribution in [0.5, 0.6) is 0 Å². The van der Waals surface area contributed by atoms with Crippen molar-refractivity contribution >= 4 is 27.5 Å². The summed E-state index contributed by atoms with van der Waals surface area (Å²) in [6.07, 6.45) is -1.57. The molecule has 2 nitrogen and oxygen atoms in total. The Labute approximate surface area is 107 Å². The van der Waals surface area contributed by atoms with Crippen molar-refractivity contribution in [2.24, 2.45) is 0 Å². The van der Waals surface area contributed by atoms with Crippen molar-refractivity contribution in [3.63, 3.8) is 0 Å². The molecule has 0 amide bonds. The number of benzene rings is 1. The van der Waals surface area contributed by atoms with E-state index in [-0.39, 0.29) is 5.88 Å². The van der Waals surface area contributed by atoms with E-state index < -0.39 is 18.0 Å². The summed E-state index contributed by atoms with van der Waals surface area (Å²) >= 11 is 8.68. The van der Waals surface area contributed by atoms with Crippen LogP contribution in [-0.2, 0) is 5.88 Å². The molecule has 0 spiro atoms. The molecule has 5 heteroatoms. The van der Waals surface area contributed by atoms with Crippen molar-refractivity contribution in [3.8, 4) is 0 Å². The average molecular weight is 312 g/mol. The number of halogens is 3. The number of hydrogen-bond acceptors (Lipinski definition) is 2. The standard InChI is InChI=1S/C11H13BrClFO2/c12-4-3-10(15)11(16)7-1-2-8(6-13)9(14)5-7/h1-2,5,10-11,15-16H,3-4,6H2.